The van der Waals surface area contributed by atoms with Crippen molar-refractivity contribution >= 4 is 11.7 Å². The fourth-order valence-corrected chi connectivity index (χ4v) is 1.42. The van der Waals surface area contributed by atoms with E-state index in [9.17, 15) is 13.6 Å². The number of hydrogen-bond donors (Lipinski definition) is 2. The maximum Gasteiger partial charge on any atom is 0.310 e. The van der Waals surface area contributed by atoms with Crippen LogP contribution in [0.2, 0.25) is 0 Å². The molecule has 0 aromatic heterocycles. The molecule has 0 heterocycles. The van der Waals surface area contributed by atoms with Crippen LogP contribution in [0.4, 0.5) is 14.5 Å². The van der Waals surface area contributed by atoms with Crippen molar-refractivity contribution in [2.75, 3.05) is 11.9 Å². The molecule has 0 radical (unpaired) electrons. The van der Waals surface area contributed by atoms with E-state index in [1.54, 1.807) is 24.3 Å². The van der Waals surface area contributed by atoms with Crippen LogP contribution in [0.5, 0.6) is 0 Å². The van der Waals surface area contributed by atoms with Crippen molar-refractivity contribution in [2.24, 2.45) is 0 Å². The Labute approximate surface area is 98.5 Å². The number of carbonyl (C=O) groups is 1. The van der Waals surface area contributed by atoms with Crippen LogP contribution in [0.25, 0.3) is 0 Å². The van der Waals surface area contributed by atoms with Gasteiger partial charge in [-0.1, -0.05) is 18.2 Å². The summed E-state index contributed by atoms with van der Waals surface area (Å²) in [6.07, 6.45) is 0. The van der Waals surface area contributed by atoms with Gasteiger partial charge in [-0.2, -0.15) is 0 Å². The van der Waals surface area contributed by atoms with Crippen molar-refractivity contribution in [3.63, 3.8) is 0 Å². The number of rotatable bonds is 5. The molecule has 1 rings (SSSR count). The molecule has 1 atom stereocenters. The van der Waals surface area contributed by atoms with Crippen molar-refractivity contribution in [3.8, 4) is 0 Å². The summed E-state index contributed by atoms with van der Waals surface area (Å²) in [5.74, 6) is -4.55. The minimum atomic E-state index is -2.83. The number of alkyl halides is 2. The van der Waals surface area contributed by atoms with E-state index < -0.39 is 24.4 Å². The molecular weight excluding hydrogens is 228 g/mol. The second-order valence-corrected chi connectivity index (χ2v) is 4.07. The van der Waals surface area contributed by atoms with Crippen LogP contribution in [0.15, 0.2) is 24.3 Å². The number of carboxylic acid groups (broad SMARTS) is 1. The molecule has 0 fully saturated rings. The Morgan fingerprint density at radius 3 is 2.59 bits per heavy atom. The first kappa shape index (κ1) is 13.4. The molecule has 0 saturated heterocycles. The molecule has 0 amide bonds. The van der Waals surface area contributed by atoms with Crippen molar-refractivity contribution in [2.45, 2.75) is 25.7 Å². The smallest absolute Gasteiger partial charge is 0.310 e. The van der Waals surface area contributed by atoms with Gasteiger partial charge in [-0.3, -0.25) is 4.79 Å². The molecular formula is C12H15F2NO2. The SMILES string of the molecule is CC(C(=O)O)c1ccccc1NCC(C)(F)F. The summed E-state index contributed by atoms with van der Waals surface area (Å²) in [7, 11) is 0. The van der Waals surface area contributed by atoms with E-state index in [1.165, 1.54) is 6.92 Å². The number of para-hydroxylation sites is 1. The molecule has 0 aliphatic rings. The Balaban J connectivity index is 2.89. The molecule has 1 unspecified atom stereocenters. The van der Waals surface area contributed by atoms with Gasteiger partial charge in [0, 0.05) is 12.6 Å². The normalized spacial score (nSPS) is 13.2. The zero-order chi connectivity index (χ0) is 13.1. The van der Waals surface area contributed by atoms with Gasteiger partial charge in [0.1, 0.15) is 0 Å². The molecule has 0 bridgehead atoms. The van der Waals surface area contributed by atoms with Gasteiger partial charge in [0.05, 0.1) is 12.5 Å². The maximum atomic E-state index is 12.7. The van der Waals surface area contributed by atoms with E-state index in [0.29, 0.717) is 11.3 Å². The highest BCUT2D eigenvalue weighted by atomic mass is 19.3. The van der Waals surface area contributed by atoms with Gasteiger partial charge in [-0.15, -0.1) is 0 Å². The summed E-state index contributed by atoms with van der Waals surface area (Å²) in [6.45, 7) is 1.81. The average molecular weight is 243 g/mol. The Morgan fingerprint density at radius 1 is 1.47 bits per heavy atom. The molecule has 3 nitrogen and oxygen atoms in total. The lowest BCUT2D eigenvalue weighted by Crippen LogP contribution is -2.24. The molecule has 1 aromatic carbocycles. The van der Waals surface area contributed by atoms with Crippen molar-refractivity contribution in [3.05, 3.63) is 29.8 Å². The lowest BCUT2D eigenvalue weighted by atomic mass is 9.99. The van der Waals surface area contributed by atoms with Gasteiger partial charge in [-0.05, 0) is 18.6 Å². The van der Waals surface area contributed by atoms with Crippen LogP contribution >= 0.6 is 0 Å². The second kappa shape index (κ2) is 5.12. The fraction of sp³-hybridized carbons (Fsp3) is 0.417. The lowest BCUT2D eigenvalue weighted by Gasteiger charge is -2.17. The molecule has 0 spiro atoms. The van der Waals surface area contributed by atoms with Crippen LogP contribution in [0.1, 0.15) is 25.3 Å². The first-order valence-electron chi connectivity index (χ1n) is 5.24. The standard InChI is InChI=1S/C12H15F2NO2/c1-8(11(16)17)9-5-3-4-6-10(9)15-7-12(2,13)14/h3-6,8,15H,7H2,1-2H3,(H,16,17). The summed E-state index contributed by atoms with van der Waals surface area (Å²) in [5, 5.41) is 11.5. The van der Waals surface area contributed by atoms with Gasteiger partial charge in [0.2, 0.25) is 0 Å². The Kier molecular flexibility index (Phi) is 4.04. The summed E-state index contributed by atoms with van der Waals surface area (Å²) in [4.78, 5) is 10.9. The third-order valence-corrected chi connectivity index (χ3v) is 2.39. The van der Waals surface area contributed by atoms with E-state index >= 15 is 0 Å². The Hall–Kier alpha value is -1.65. The topological polar surface area (TPSA) is 49.3 Å². The molecule has 0 aliphatic heterocycles. The maximum absolute atomic E-state index is 12.7. The Bertz CT molecular complexity index is 402. The second-order valence-electron chi connectivity index (χ2n) is 4.07. The molecule has 0 saturated carbocycles. The molecule has 0 aliphatic carbocycles. The summed E-state index contributed by atoms with van der Waals surface area (Å²) in [6, 6.07) is 6.58. The fourth-order valence-electron chi connectivity index (χ4n) is 1.42. The average Bonchev–Trinajstić information content (AvgIpc) is 2.24. The van der Waals surface area contributed by atoms with Gasteiger partial charge in [0.25, 0.3) is 5.92 Å². The van der Waals surface area contributed by atoms with Crippen molar-refractivity contribution in [1.82, 2.24) is 0 Å². The lowest BCUT2D eigenvalue weighted by molar-refractivity contribution is -0.138. The van der Waals surface area contributed by atoms with Crippen LogP contribution in [-0.2, 0) is 4.79 Å². The van der Waals surface area contributed by atoms with Crippen molar-refractivity contribution in [1.29, 1.82) is 0 Å². The van der Waals surface area contributed by atoms with Crippen LogP contribution in [-0.4, -0.2) is 23.5 Å². The van der Waals surface area contributed by atoms with Gasteiger partial charge < -0.3 is 10.4 Å². The molecule has 1 aromatic rings. The highest BCUT2D eigenvalue weighted by Crippen LogP contribution is 2.25. The molecule has 2 N–H and O–H groups in total. The van der Waals surface area contributed by atoms with Gasteiger partial charge in [0.15, 0.2) is 0 Å². The number of nitrogens with one attached hydrogen (secondary N) is 1. The highest BCUT2D eigenvalue weighted by molar-refractivity contribution is 5.78. The number of carboxylic acids is 1. The predicted molar refractivity (Wildman–Crippen MR) is 61.6 cm³/mol. The number of anilines is 1. The number of hydrogen-bond acceptors (Lipinski definition) is 2. The number of aliphatic carboxylic acids is 1. The Morgan fingerprint density at radius 2 is 2.06 bits per heavy atom. The first-order valence-corrected chi connectivity index (χ1v) is 5.24. The van der Waals surface area contributed by atoms with Crippen LogP contribution in [0.3, 0.4) is 0 Å². The predicted octanol–water partition coefficient (Wildman–Crippen LogP) is 2.94. The van der Waals surface area contributed by atoms with E-state index in [4.69, 9.17) is 5.11 Å². The number of benzene rings is 1. The first-order chi connectivity index (χ1) is 7.81. The van der Waals surface area contributed by atoms with E-state index in [0.717, 1.165) is 6.92 Å². The summed E-state index contributed by atoms with van der Waals surface area (Å²) < 4.78 is 25.4. The largest absolute Gasteiger partial charge is 0.481 e. The molecule has 5 heteroatoms. The van der Waals surface area contributed by atoms with E-state index in [1.807, 2.05) is 0 Å². The highest BCUT2D eigenvalue weighted by Gasteiger charge is 2.22. The van der Waals surface area contributed by atoms with Crippen molar-refractivity contribution < 1.29 is 18.7 Å². The zero-order valence-corrected chi connectivity index (χ0v) is 9.71. The summed E-state index contributed by atoms with van der Waals surface area (Å²) in [5.41, 5.74) is 0.938. The summed E-state index contributed by atoms with van der Waals surface area (Å²) >= 11 is 0. The molecule has 17 heavy (non-hydrogen) atoms. The van der Waals surface area contributed by atoms with Crippen LogP contribution < -0.4 is 5.32 Å². The van der Waals surface area contributed by atoms with E-state index in [2.05, 4.69) is 5.32 Å². The minimum Gasteiger partial charge on any atom is -0.481 e. The third kappa shape index (κ3) is 4.01. The quantitative estimate of drug-likeness (QED) is 0.835. The molecule has 94 valence electrons. The third-order valence-electron chi connectivity index (χ3n) is 2.39. The van der Waals surface area contributed by atoms with Gasteiger partial charge >= 0.3 is 5.97 Å². The number of halogens is 2. The van der Waals surface area contributed by atoms with E-state index in [-0.39, 0.29) is 0 Å². The van der Waals surface area contributed by atoms with Gasteiger partial charge in [-0.25, -0.2) is 8.78 Å². The van der Waals surface area contributed by atoms with Crippen LogP contribution in [0, 0.1) is 0 Å². The minimum absolute atomic E-state index is 0.434. The monoisotopic (exact) mass is 243 g/mol. The zero-order valence-electron chi connectivity index (χ0n) is 9.71.